The van der Waals surface area contributed by atoms with Crippen molar-refractivity contribution in [1.29, 1.82) is 0 Å². The van der Waals surface area contributed by atoms with Crippen LogP contribution in [0.15, 0.2) is 0 Å². The minimum atomic E-state index is -2.12. The lowest BCUT2D eigenvalue weighted by atomic mass is 9.67. The molecule has 0 spiro atoms. The number of hydrogen-bond donors (Lipinski definition) is 0. The highest BCUT2D eigenvalue weighted by Crippen LogP contribution is 2.42. The highest BCUT2D eigenvalue weighted by Gasteiger charge is 2.72. The molecule has 0 unspecified atom stereocenters. The molecule has 1 rings (SSSR count). The van der Waals surface area contributed by atoms with Gasteiger partial charge in [-0.3, -0.25) is 19.7 Å². The van der Waals surface area contributed by atoms with Gasteiger partial charge in [0.05, 0.1) is 13.2 Å². The molecular formula is C13H21NO8. The van der Waals surface area contributed by atoms with Gasteiger partial charge in [-0.1, -0.05) is 6.92 Å². The van der Waals surface area contributed by atoms with Crippen LogP contribution in [0.3, 0.4) is 0 Å². The maximum absolute atomic E-state index is 12.5. The molecule has 0 aliphatic carbocycles. The van der Waals surface area contributed by atoms with Gasteiger partial charge >= 0.3 is 11.9 Å². The zero-order chi connectivity index (χ0) is 16.8. The number of nitro groups is 1. The van der Waals surface area contributed by atoms with Gasteiger partial charge in [0, 0.05) is 4.92 Å². The average Bonchev–Trinajstić information content (AvgIpc) is 2.50. The first-order valence-electron chi connectivity index (χ1n) is 7.07. The van der Waals surface area contributed by atoms with E-state index in [0.717, 1.165) is 0 Å². The lowest BCUT2D eigenvalue weighted by Gasteiger charge is -2.40. The van der Waals surface area contributed by atoms with Crippen LogP contribution in [0, 0.1) is 15.5 Å². The number of ether oxygens (including phenoxy) is 4. The second-order valence-corrected chi connectivity index (χ2v) is 4.80. The zero-order valence-electron chi connectivity index (χ0n) is 13.0. The van der Waals surface area contributed by atoms with Crippen molar-refractivity contribution in [2.75, 3.05) is 33.2 Å². The minimum absolute atomic E-state index is 0.0184. The summed E-state index contributed by atoms with van der Waals surface area (Å²) in [7, 11) is 0. The summed E-state index contributed by atoms with van der Waals surface area (Å²) < 4.78 is 19.9. The van der Waals surface area contributed by atoms with Crippen molar-refractivity contribution in [2.24, 2.45) is 5.41 Å². The van der Waals surface area contributed by atoms with E-state index < -0.39 is 41.0 Å². The standard InChI is InChI=1S/C13H21NO8/c1-4-13(10(15)21-5-2,11(16)22-6-3)12(14(17)18)7-19-9-20-8-12/h4-9H2,1-3H3. The molecule has 1 aliphatic heterocycles. The molecule has 0 atom stereocenters. The Hall–Kier alpha value is -1.74. The molecule has 1 aliphatic rings. The topological polar surface area (TPSA) is 114 Å². The van der Waals surface area contributed by atoms with Crippen LogP contribution < -0.4 is 0 Å². The Morgan fingerprint density at radius 1 is 1.14 bits per heavy atom. The number of esters is 2. The maximum Gasteiger partial charge on any atom is 0.331 e. The molecule has 9 nitrogen and oxygen atoms in total. The molecule has 1 heterocycles. The predicted octanol–water partition coefficient (Wildman–Crippen LogP) is 0.529. The maximum atomic E-state index is 12.5. The molecule has 9 heteroatoms. The van der Waals surface area contributed by atoms with E-state index >= 15 is 0 Å². The summed E-state index contributed by atoms with van der Waals surface area (Å²) in [6, 6.07) is 0. The van der Waals surface area contributed by atoms with Gasteiger partial charge in [-0.2, -0.15) is 0 Å². The molecule has 0 radical (unpaired) electrons. The summed E-state index contributed by atoms with van der Waals surface area (Å²) in [5.74, 6) is -2.00. The lowest BCUT2D eigenvalue weighted by Crippen LogP contribution is -2.68. The van der Waals surface area contributed by atoms with E-state index in [4.69, 9.17) is 18.9 Å². The Balaban J connectivity index is 3.46. The van der Waals surface area contributed by atoms with Gasteiger partial charge in [0.25, 0.3) is 5.54 Å². The molecule has 0 N–H and O–H groups in total. The van der Waals surface area contributed by atoms with Crippen molar-refractivity contribution in [3.8, 4) is 0 Å². The molecule has 22 heavy (non-hydrogen) atoms. The SMILES string of the molecule is CCOC(=O)C(CC)(C(=O)OCC)C1([N+](=O)[O-])COCOC1. The van der Waals surface area contributed by atoms with Crippen LogP contribution >= 0.6 is 0 Å². The first-order valence-corrected chi connectivity index (χ1v) is 7.07. The summed E-state index contributed by atoms with van der Waals surface area (Å²) in [6.07, 6.45) is -0.168. The Bertz CT molecular complexity index is 412. The third-order valence-corrected chi connectivity index (χ3v) is 3.77. The molecule has 0 aromatic rings. The second kappa shape index (κ2) is 7.50. The van der Waals surface area contributed by atoms with Crippen molar-refractivity contribution < 1.29 is 33.5 Å². The Morgan fingerprint density at radius 2 is 1.59 bits per heavy atom. The first kappa shape index (κ1) is 18.3. The number of rotatable bonds is 7. The van der Waals surface area contributed by atoms with E-state index in [9.17, 15) is 19.7 Å². The summed E-state index contributed by atoms with van der Waals surface area (Å²) in [4.78, 5) is 36.0. The van der Waals surface area contributed by atoms with E-state index in [1.807, 2.05) is 0 Å². The quantitative estimate of drug-likeness (QED) is 0.289. The molecule has 1 saturated heterocycles. The number of hydrogen-bond acceptors (Lipinski definition) is 8. The van der Waals surface area contributed by atoms with Crippen molar-refractivity contribution in [2.45, 2.75) is 32.7 Å². The smallest absolute Gasteiger partial charge is 0.331 e. The number of carbonyl (C=O) groups excluding carboxylic acids is 2. The summed E-state index contributed by atoms with van der Waals surface area (Å²) >= 11 is 0. The van der Waals surface area contributed by atoms with Crippen LogP contribution in [0.4, 0.5) is 0 Å². The fourth-order valence-corrected chi connectivity index (χ4v) is 2.62. The molecule has 0 aromatic heterocycles. The highest BCUT2D eigenvalue weighted by molar-refractivity contribution is 6.01. The van der Waals surface area contributed by atoms with Gasteiger partial charge in [0.15, 0.2) is 0 Å². The van der Waals surface area contributed by atoms with Crippen LogP contribution in [0.1, 0.15) is 27.2 Å². The summed E-state index contributed by atoms with van der Waals surface area (Å²) in [5, 5.41) is 11.7. The molecule has 0 saturated carbocycles. The third-order valence-electron chi connectivity index (χ3n) is 3.77. The van der Waals surface area contributed by atoms with E-state index in [-0.39, 0.29) is 26.4 Å². The Labute approximate surface area is 128 Å². The van der Waals surface area contributed by atoms with Crippen LogP contribution in [-0.4, -0.2) is 55.6 Å². The molecule has 1 fully saturated rings. The van der Waals surface area contributed by atoms with Crippen molar-refractivity contribution in [3.63, 3.8) is 0 Å². The normalized spacial score (nSPS) is 17.6. The van der Waals surface area contributed by atoms with Gasteiger partial charge in [0.1, 0.15) is 20.0 Å². The van der Waals surface area contributed by atoms with Crippen molar-refractivity contribution in [1.82, 2.24) is 0 Å². The lowest BCUT2D eigenvalue weighted by molar-refractivity contribution is -0.603. The fourth-order valence-electron chi connectivity index (χ4n) is 2.62. The molecule has 126 valence electrons. The number of nitrogens with zero attached hydrogens (tertiary/aromatic N) is 1. The van der Waals surface area contributed by atoms with E-state index in [1.165, 1.54) is 6.92 Å². The van der Waals surface area contributed by atoms with E-state index in [1.54, 1.807) is 13.8 Å². The van der Waals surface area contributed by atoms with Crippen molar-refractivity contribution in [3.05, 3.63) is 10.1 Å². The predicted molar refractivity (Wildman–Crippen MR) is 72.5 cm³/mol. The second-order valence-electron chi connectivity index (χ2n) is 4.80. The largest absolute Gasteiger partial charge is 0.465 e. The van der Waals surface area contributed by atoms with Gasteiger partial charge in [0.2, 0.25) is 5.41 Å². The fraction of sp³-hybridized carbons (Fsp3) is 0.846. The van der Waals surface area contributed by atoms with Gasteiger partial charge < -0.3 is 18.9 Å². The molecular weight excluding hydrogens is 298 g/mol. The summed E-state index contributed by atoms with van der Waals surface area (Å²) in [6.45, 7) is 3.54. The van der Waals surface area contributed by atoms with Gasteiger partial charge in [-0.15, -0.1) is 0 Å². The monoisotopic (exact) mass is 319 g/mol. The van der Waals surface area contributed by atoms with Crippen LogP contribution in [-0.2, 0) is 28.5 Å². The third kappa shape index (κ3) is 2.78. The summed E-state index contributed by atoms with van der Waals surface area (Å²) in [5.41, 5.74) is -4.21. The van der Waals surface area contributed by atoms with Crippen molar-refractivity contribution >= 4 is 11.9 Å². The van der Waals surface area contributed by atoms with Crippen LogP contribution in [0.5, 0.6) is 0 Å². The first-order chi connectivity index (χ1) is 10.4. The van der Waals surface area contributed by atoms with Gasteiger partial charge in [-0.05, 0) is 20.3 Å². The Kier molecular flexibility index (Phi) is 6.24. The van der Waals surface area contributed by atoms with E-state index in [2.05, 4.69) is 0 Å². The van der Waals surface area contributed by atoms with Crippen LogP contribution in [0.2, 0.25) is 0 Å². The molecule has 0 amide bonds. The molecule has 0 aromatic carbocycles. The van der Waals surface area contributed by atoms with Gasteiger partial charge in [-0.25, -0.2) is 0 Å². The molecule has 0 bridgehead atoms. The zero-order valence-corrected chi connectivity index (χ0v) is 13.0. The average molecular weight is 319 g/mol. The van der Waals surface area contributed by atoms with E-state index in [0.29, 0.717) is 0 Å². The van der Waals surface area contributed by atoms with Crippen LogP contribution in [0.25, 0.3) is 0 Å². The minimum Gasteiger partial charge on any atom is -0.465 e. The Morgan fingerprint density at radius 3 is 1.91 bits per heavy atom. The number of carbonyl (C=O) groups is 2. The highest BCUT2D eigenvalue weighted by atomic mass is 16.7.